The number of hydrogen-bond donors (Lipinski definition) is 0. The van der Waals surface area contributed by atoms with E-state index in [4.69, 9.17) is 6.57 Å². The van der Waals surface area contributed by atoms with E-state index in [1.54, 1.807) is 12.1 Å². The lowest BCUT2D eigenvalue weighted by Gasteiger charge is -2.24. The third kappa shape index (κ3) is 8.13. The van der Waals surface area contributed by atoms with Crippen molar-refractivity contribution in [3.8, 4) is 0 Å². The second-order valence-corrected chi connectivity index (χ2v) is 13.1. The molecule has 1 rings (SSSR count). The van der Waals surface area contributed by atoms with E-state index in [2.05, 4.69) is 46.4 Å². The summed E-state index contributed by atoms with van der Waals surface area (Å²) in [5.41, 5.74) is 1.47. The van der Waals surface area contributed by atoms with E-state index in [-0.39, 0.29) is 15.7 Å². The van der Waals surface area contributed by atoms with E-state index in [9.17, 15) is 8.42 Å². The monoisotopic (exact) mass is 419 g/mol. The predicted molar refractivity (Wildman–Crippen MR) is 124 cm³/mol. The molecular weight excluding hydrogens is 378 g/mol. The predicted octanol–water partition coefficient (Wildman–Crippen LogP) is 7.60. The summed E-state index contributed by atoms with van der Waals surface area (Å²) in [5, 5.41) is 0. The third-order valence-corrected chi connectivity index (χ3v) is 7.92. The van der Waals surface area contributed by atoms with E-state index in [1.807, 2.05) is 19.1 Å². The van der Waals surface area contributed by atoms with E-state index in [0.717, 1.165) is 44.1 Å². The SMILES string of the molecule is [C-]#[N+]C(CCCCC(C)(C)C)(CCCCC(C)(C)C)S(=O)(=O)c1ccc(C)cc1. The first-order valence-electron chi connectivity index (χ1n) is 10.9. The number of benzene rings is 1. The molecule has 0 radical (unpaired) electrons. The van der Waals surface area contributed by atoms with Crippen LogP contribution >= 0.6 is 0 Å². The molecule has 0 N–H and O–H groups in total. The number of hydrogen-bond acceptors (Lipinski definition) is 2. The number of rotatable bonds is 10. The van der Waals surface area contributed by atoms with Crippen LogP contribution in [0.15, 0.2) is 29.2 Å². The lowest BCUT2D eigenvalue weighted by molar-refractivity contribution is 0.342. The van der Waals surface area contributed by atoms with Crippen molar-refractivity contribution in [3.63, 3.8) is 0 Å². The third-order valence-electron chi connectivity index (χ3n) is 5.52. The summed E-state index contributed by atoms with van der Waals surface area (Å²) >= 11 is 0. The van der Waals surface area contributed by atoms with Gasteiger partial charge in [0.05, 0.1) is 4.90 Å². The molecular formula is C25H41NO2S. The zero-order chi connectivity index (χ0) is 22.3. The molecule has 0 aliphatic rings. The van der Waals surface area contributed by atoms with Crippen molar-refractivity contribution in [3.05, 3.63) is 41.2 Å². The van der Waals surface area contributed by atoms with Gasteiger partial charge in [-0.05, 0) is 55.6 Å². The Morgan fingerprint density at radius 2 is 1.14 bits per heavy atom. The van der Waals surface area contributed by atoms with Crippen molar-refractivity contribution in [2.24, 2.45) is 10.8 Å². The molecule has 29 heavy (non-hydrogen) atoms. The first-order chi connectivity index (χ1) is 13.2. The van der Waals surface area contributed by atoms with E-state index < -0.39 is 14.7 Å². The molecule has 1 aromatic carbocycles. The highest BCUT2D eigenvalue weighted by Gasteiger charge is 2.50. The smallest absolute Gasteiger partial charge is 0.293 e. The lowest BCUT2D eigenvalue weighted by atomic mass is 9.88. The summed E-state index contributed by atoms with van der Waals surface area (Å²) in [6.07, 6.45) is 6.34. The second kappa shape index (κ2) is 10.1. The van der Waals surface area contributed by atoms with Crippen LogP contribution in [-0.4, -0.2) is 13.3 Å². The molecule has 3 nitrogen and oxygen atoms in total. The average molecular weight is 420 g/mol. The second-order valence-electron chi connectivity index (χ2n) is 10.9. The van der Waals surface area contributed by atoms with Crippen LogP contribution in [0, 0.1) is 24.3 Å². The van der Waals surface area contributed by atoms with Crippen molar-refractivity contribution in [2.75, 3.05) is 0 Å². The number of aryl methyl sites for hydroxylation is 1. The fraction of sp³-hybridized carbons (Fsp3) is 0.720. The van der Waals surface area contributed by atoms with Crippen molar-refractivity contribution in [2.45, 2.75) is 110 Å². The minimum atomic E-state index is -3.72. The van der Waals surface area contributed by atoms with Crippen LogP contribution in [0.2, 0.25) is 0 Å². The number of unbranched alkanes of at least 4 members (excludes halogenated alkanes) is 2. The zero-order valence-corrected chi connectivity index (χ0v) is 20.5. The molecule has 0 atom stereocenters. The minimum absolute atomic E-state index is 0.226. The Bertz CT molecular complexity index is 750. The van der Waals surface area contributed by atoms with Gasteiger partial charge in [-0.3, -0.25) is 4.85 Å². The Morgan fingerprint density at radius 3 is 1.48 bits per heavy atom. The summed E-state index contributed by atoms with van der Waals surface area (Å²) in [6, 6.07) is 6.96. The van der Waals surface area contributed by atoms with Gasteiger partial charge in [-0.1, -0.05) is 72.1 Å². The average Bonchev–Trinajstić information content (AvgIpc) is 2.59. The maximum Gasteiger partial charge on any atom is 0.333 e. The van der Waals surface area contributed by atoms with Gasteiger partial charge < -0.3 is 0 Å². The van der Waals surface area contributed by atoms with Crippen LogP contribution in [-0.2, 0) is 9.84 Å². The highest BCUT2D eigenvalue weighted by atomic mass is 32.2. The molecule has 164 valence electrons. The van der Waals surface area contributed by atoms with Crippen molar-refractivity contribution in [1.29, 1.82) is 0 Å². The molecule has 0 unspecified atom stereocenters. The fourth-order valence-corrected chi connectivity index (χ4v) is 5.49. The summed E-state index contributed by atoms with van der Waals surface area (Å²) in [6.45, 7) is 23.1. The van der Waals surface area contributed by atoms with Gasteiger partial charge in [-0.15, -0.1) is 0 Å². The van der Waals surface area contributed by atoms with Gasteiger partial charge in [0.1, 0.15) is 0 Å². The molecule has 4 heteroatoms. The molecule has 0 saturated heterocycles. The molecule has 0 saturated carbocycles. The molecule has 1 aromatic rings. The van der Waals surface area contributed by atoms with Gasteiger partial charge in [-0.25, -0.2) is 15.0 Å². The van der Waals surface area contributed by atoms with Crippen LogP contribution in [0.25, 0.3) is 4.85 Å². The van der Waals surface area contributed by atoms with E-state index in [0.29, 0.717) is 12.8 Å². The van der Waals surface area contributed by atoms with Gasteiger partial charge in [0, 0.05) is 12.8 Å². The Morgan fingerprint density at radius 1 is 0.759 bits per heavy atom. The molecule has 0 aliphatic heterocycles. The standard InChI is InChI=1S/C25H41NO2S/c1-21-13-15-22(16-14-21)29(27,28)25(26-8,19-11-9-17-23(2,3)4)20-12-10-18-24(5,6)7/h13-16H,9-12,17-20H2,1-7H3. The summed E-state index contributed by atoms with van der Waals surface area (Å²) in [4.78, 5) is 2.75. The number of sulfone groups is 1. The van der Waals surface area contributed by atoms with E-state index in [1.165, 1.54) is 0 Å². The van der Waals surface area contributed by atoms with Crippen LogP contribution in [0.5, 0.6) is 0 Å². The van der Waals surface area contributed by atoms with Crippen molar-refractivity contribution < 1.29 is 8.42 Å². The summed E-state index contributed by atoms with van der Waals surface area (Å²) in [7, 11) is -3.72. The first kappa shape index (κ1) is 25.7. The van der Waals surface area contributed by atoms with Crippen LogP contribution in [0.4, 0.5) is 0 Å². The lowest BCUT2D eigenvalue weighted by Crippen LogP contribution is -2.35. The first-order valence-corrected chi connectivity index (χ1v) is 12.4. The van der Waals surface area contributed by atoms with Gasteiger partial charge in [0.15, 0.2) is 0 Å². The fourth-order valence-electron chi connectivity index (χ4n) is 3.62. The Kier molecular flexibility index (Phi) is 8.96. The van der Waals surface area contributed by atoms with Crippen LogP contribution < -0.4 is 0 Å². The highest BCUT2D eigenvalue weighted by Crippen LogP contribution is 2.38. The topological polar surface area (TPSA) is 38.5 Å². The summed E-state index contributed by atoms with van der Waals surface area (Å²) in [5.74, 6) is 0. The van der Waals surface area contributed by atoms with Gasteiger partial charge in [0.25, 0.3) is 9.84 Å². The summed E-state index contributed by atoms with van der Waals surface area (Å²) < 4.78 is 27.1. The van der Waals surface area contributed by atoms with Crippen LogP contribution in [0.3, 0.4) is 0 Å². The van der Waals surface area contributed by atoms with Crippen LogP contribution in [0.1, 0.15) is 98.5 Å². The van der Waals surface area contributed by atoms with Crippen molar-refractivity contribution >= 4 is 9.84 Å². The molecule has 0 heterocycles. The molecule has 0 amide bonds. The normalized spacial score (nSPS) is 13.3. The maximum atomic E-state index is 13.6. The van der Waals surface area contributed by atoms with Gasteiger partial charge in [0.2, 0.25) is 0 Å². The molecule has 0 fully saturated rings. The Hall–Kier alpha value is -1.34. The number of nitrogens with zero attached hydrogens (tertiary/aromatic N) is 1. The van der Waals surface area contributed by atoms with Crippen molar-refractivity contribution in [1.82, 2.24) is 0 Å². The highest BCUT2D eigenvalue weighted by molar-refractivity contribution is 7.93. The largest absolute Gasteiger partial charge is 0.333 e. The Labute approximate surface area is 180 Å². The minimum Gasteiger partial charge on any atom is -0.293 e. The molecule has 0 aromatic heterocycles. The quantitative estimate of drug-likeness (QED) is 0.289. The molecule has 0 aliphatic carbocycles. The molecule has 0 bridgehead atoms. The molecule has 0 spiro atoms. The van der Waals surface area contributed by atoms with Gasteiger partial charge in [-0.2, -0.15) is 0 Å². The zero-order valence-electron chi connectivity index (χ0n) is 19.6. The Balaban J connectivity index is 3.07. The van der Waals surface area contributed by atoms with Gasteiger partial charge >= 0.3 is 4.87 Å². The maximum absolute atomic E-state index is 13.6. The van der Waals surface area contributed by atoms with E-state index >= 15 is 0 Å².